The van der Waals surface area contributed by atoms with Gasteiger partial charge in [0.15, 0.2) is 12.6 Å². The summed E-state index contributed by atoms with van der Waals surface area (Å²) in [5.74, 6) is 0. The van der Waals surface area contributed by atoms with Gasteiger partial charge in [-0.05, 0) is 18.2 Å². The first-order chi connectivity index (χ1) is 6.19. The molecule has 1 aromatic carbocycles. The van der Waals surface area contributed by atoms with Crippen LogP contribution >= 0.6 is 0 Å². The van der Waals surface area contributed by atoms with E-state index in [0.29, 0.717) is 23.7 Å². The van der Waals surface area contributed by atoms with E-state index in [1.54, 1.807) is 18.2 Å². The molecule has 1 rings (SSSR count). The summed E-state index contributed by atoms with van der Waals surface area (Å²) in [4.78, 5) is 23.0. The van der Waals surface area contributed by atoms with Crippen LogP contribution in [0.1, 0.15) is 20.7 Å². The van der Waals surface area contributed by atoms with Gasteiger partial charge < -0.3 is 4.90 Å². The second kappa shape index (κ2) is 3.85. The lowest BCUT2D eigenvalue weighted by atomic mass is 10.1. The van der Waals surface area contributed by atoms with E-state index in [2.05, 4.69) is 0 Å². The summed E-state index contributed by atoms with van der Waals surface area (Å²) in [7, 11) is 3.76. The molecule has 0 bridgehead atoms. The lowest BCUT2D eigenvalue weighted by Crippen LogP contribution is -2.09. The number of hydrogen-bond donors (Lipinski definition) is 0. The van der Waals surface area contributed by atoms with Gasteiger partial charge in [0.05, 0.1) is 0 Å². The van der Waals surface area contributed by atoms with Crippen LogP contribution in [-0.2, 0) is 0 Å². The number of rotatable bonds is 3. The topological polar surface area (TPSA) is 37.4 Å². The Hall–Kier alpha value is -1.64. The first-order valence-electron chi connectivity index (χ1n) is 3.90. The van der Waals surface area contributed by atoms with Gasteiger partial charge in [-0.3, -0.25) is 9.59 Å². The van der Waals surface area contributed by atoms with Crippen molar-refractivity contribution in [3.8, 4) is 0 Å². The molecule has 0 aromatic heterocycles. The summed E-state index contributed by atoms with van der Waals surface area (Å²) >= 11 is 0. The Morgan fingerprint density at radius 1 is 1.08 bits per heavy atom. The highest BCUT2D eigenvalue weighted by molar-refractivity contribution is 5.91. The second-order valence-corrected chi connectivity index (χ2v) is 2.94. The summed E-state index contributed by atoms with van der Waals surface area (Å²) in [6, 6.07) is 5.14. The summed E-state index contributed by atoms with van der Waals surface area (Å²) in [6.45, 7) is 0. The molecule has 0 spiro atoms. The molecule has 0 heterocycles. The summed E-state index contributed by atoms with van der Waals surface area (Å²) in [5.41, 5.74) is 1.77. The monoisotopic (exact) mass is 177 g/mol. The van der Waals surface area contributed by atoms with Crippen molar-refractivity contribution in [1.82, 2.24) is 0 Å². The fourth-order valence-corrected chi connectivity index (χ4v) is 1.05. The van der Waals surface area contributed by atoms with Crippen molar-refractivity contribution >= 4 is 18.3 Å². The van der Waals surface area contributed by atoms with Gasteiger partial charge in [0.1, 0.15) is 0 Å². The smallest absolute Gasteiger partial charge is 0.150 e. The van der Waals surface area contributed by atoms with E-state index in [4.69, 9.17) is 0 Å². The zero-order valence-electron chi connectivity index (χ0n) is 7.65. The minimum atomic E-state index is 0.431. The molecule has 0 saturated carbocycles. The van der Waals surface area contributed by atoms with E-state index in [1.807, 2.05) is 19.0 Å². The predicted molar refractivity (Wildman–Crippen MR) is 51.5 cm³/mol. The van der Waals surface area contributed by atoms with Crippen molar-refractivity contribution < 1.29 is 9.59 Å². The normalized spacial score (nSPS) is 9.38. The highest BCUT2D eigenvalue weighted by Gasteiger charge is 2.02. The molecule has 0 amide bonds. The van der Waals surface area contributed by atoms with E-state index < -0.39 is 0 Å². The Balaban J connectivity index is 3.20. The first kappa shape index (κ1) is 9.45. The van der Waals surface area contributed by atoms with Crippen LogP contribution in [0.5, 0.6) is 0 Å². The lowest BCUT2D eigenvalue weighted by molar-refractivity contribution is 0.109. The molecule has 0 N–H and O–H groups in total. The highest BCUT2D eigenvalue weighted by atomic mass is 16.1. The Kier molecular flexibility index (Phi) is 2.80. The van der Waals surface area contributed by atoms with Crippen LogP contribution in [0.3, 0.4) is 0 Å². The molecule has 1 aromatic rings. The molecule has 0 radical (unpaired) electrons. The van der Waals surface area contributed by atoms with Crippen molar-refractivity contribution in [2.24, 2.45) is 0 Å². The van der Waals surface area contributed by atoms with Gasteiger partial charge in [-0.15, -0.1) is 0 Å². The number of carbonyl (C=O) groups excluding carboxylic acids is 2. The van der Waals surface area contributed by atoms with Gasteiger partial charge in [-0.2, -0.15) is 0 Å². The van der Waals surface area contributed by atoms with Gasteiger partial charge in [0.25, 0.3) is 0 Å². The van der Waals surface area contributed by atoms with Crippen LogP contribution in [0.2, 0.25) is 0 Å². The summed E-state index contributed by atoms with van der Waals surface area (Å²) in [5, 5.41) is 0. The summed E-state index contributed by atoms with van der Waals surface area (Å²) < 4.78 is 0. The van der Waals surface area contributed by atoms with Crippen LogP contribution in [-0.4, -0.2) is 26.7 Å². The zero-order valence-corrected chi connectivity index (χ0v) is 7.65. The van der Waals surface area contributed by atoms with Gasteiger partial charge in [0.2, 0.25) is 0 Å². The Labute approximate surface area is 77.0 Å². The van der Waals surface area contributed by atoms with E-state index in [1.165, 1.54) is 0 Å². The molecule has 3 heteroatoms. The molecule has 0 saturated heterocycles. The van der Waals surface area contributed by atoms with Gasteiger partial charge in [0, 0.05) is 30.9 Å². The van der Waals surface area contributed by atoms with Crippen molar-refractivity contribution in [1.29, 1.82) is 0 Å². The van der Waals surface area contributed by atoms with Crippen molar-refractivity contribution in [2.75, 3.05) is 19.0 Å². The number of nitrogens with zero attached hydrogens (tertiary/aromatic N) is 1. The number of aldehydes is 2. The first-order valence-corrected chi connectivity index (χ1v) is 3.90. The number of carbonyl (C=O) groups is 2. The fraction of sp³-hybridized carbons (Fsp3) is 0.200. The summed E-state index contributed by atoms with van der Waals surface area (Å²) in [6.07, 6.45) is 1.37. The van der Waals surface area contributed by atoms with Crippen LogP contribution < -0.4 is 4.90 Å². The van der Waals surface area contributed by atoms with Gasteiger partial charge >= 0.3 is 0 Å². The molecule has 0 atom stereocenters. The van der Waals surface area contributed by atoms with E-state index in [9.17, 15) is 9.59 Å². The van der Waals surface area contributed by atoms with Crippen molar-refractivity contribution in [3.63, 3.8) is 0 Å². The fourth-order valence-electron chi connectivity index (χ4n) is 1.05. The van der Waals surface area contributed by atoms with E-state index in [0.717, 1.165) is 5.69 Å². The number of anilines is 1. The van der Waals surface area contributed by atoms with Crippen molar-refractivity contribution in [2.45, 2.75) is 0 Å². The Bertz CT molecular complexity index is 332. The van der Waals surface area contributed by atoms with Crippen LogP contribution in [0.4, 0.5) is 5.69 Å². The molecule has 0 aliphatic heterocycles. The van der Waals surface area contributed by atoms with Crippen LogP contribution in [0.25, 0.3) is 0 Å². The molecule has 0 aliphatic rings. The van der Waals surface area contributed by atoms with Crippen molar-refractivity contribution in [3.05, 3.63) is 29.3 Å². The molecule has 0 aliphatic carbocycles. The maximum atomic E-state index is 10.6. The van der Waals surface area contributed by atoms with Crippen LogP contribution in [0, 0.1) is 0 Å². The average molecular weight is 177 g/mol. The van der Waals surface area contributed by atoms with Crippen LogP contribution in [0.15, 0.2) is 18.2 Å². The molecule has 0 unspecified atom stereocenters. The number of hydrogen-bond acceptors (Lipinski definition) is 3. The molecular formula is C10H11NO2. The van der Waals surface area contributed by atoms with Gasteiger partial charge in [-0.25, -0.2) is 0 Å². The quantitative estimate of drug-likeness (QED) is 0.654. The Morgan fingerprint density at radius 2 is 1.69 bits per heavy atom. The zero-order chi connectivity index (χ0) is 9.84. The molecule has 68 valence electrons. The Morgan fingerprint density at radius 3 is 2.15 bits per heavy atom. The highest BCUT2D eigenvalue weighted by Crippen LogP contribution is 2.15. The third-order valence-corrected chi connectivity index (χ3v) is 1.84. The standard InChI is InChI=1S/C10H11NO2/c1-11(2)10-4-3-8(6-12)9(5-10)7-13/h3-7H,1-2H3. The minimum Gasteiger partial charge on any atom is -0.378 e. The van der Waals surface area contributed by atoms with Gasteiger partial charge in [-0.1, -0.05) is 0 Å². The second-order valence-electron chi connectivity index (χ2n) is 2.94. The largest absolute Gasteiger partial charge is 0.378 e. The predicted octanol–water partition coefficient (Wildman–Crippen LogP) is 1.38. The number of benzene rings is 1. The molecule has 3 nitrogen and oxygen atoms in total. The molecular weight excluding hydrogens is 166 g/mol. The SMILES string of the molecule is CN(C)c1ccc(C=O)c(C=O)c1. The third kappa shape index (κ3) is 1.93. The van der Waals surface area contributed by atoms with E-state index in [-0.39, 0.29) is 0 Å². The van der Waals surface area contributed by atoms with E-state index >= 15 is 0 Å². The molecule has 13 heavy (non-hydrogen) atoms. The third-order valence-electron chi connectivity index (χ3n) is 1.84. The average Bonchev–Trinajstić information content (AvgIpc) is 2.16. The maximum Gasteiger partial charge on any atom is 0.150 e. The molecule has 0 fully saturated rings. The minimum absolute atomic E-state index is 0.431. The maximum absolute atomic E-state index is 10.6. The lowest BCUT2D eigenvalue weighted by Gasteiger charge is -2.12.